The summed E-state index contributed by atoms with van der Waals surface area (Å²) >= 11 is 1.04. The molecule has 162 valence electrons. The molecule has 30 heavy (non-hydrogen) atoms. The highest BCUT2D eigenvalue weighted by atomic mass is 32.2. The van der Waals surface area contributed by atoms with E-state index in [-0.39, 0.29) is 27.9 Å². The first-order valence-corrected chi connectivity index (χ1v) is 10.7. The fourth-order valence-corrected chi connectivity index (χ4v) is 5.04. The molecule has 1 aliphatic rings. The number of nitrogens with zero attached hydrogens (tertiary/aromatic N) is 3. The molecule has 1 fully saturated rings. The molecule has 0 saturated carbocycles. The van der Waals surface area contributed by atoms with Crippen LogP contribution in [0.15, 0.2) is 30.5 Å². The Bertz CT molecular complexity index is 950. The SMILES string of the molecule is CN(C(=N)SC(=N)c1ccc(-n2ccc(N)n2)cc1O)C1CC(C)(C)NC(C)(C)C1. The molecule has 0 radical (unpaired) electrons. The molecule has 2 heterocycles. The van der Waals surface area contributed by atoms with Gasteiger partial charge in [0.1, 0.15) is 16.6 Å². The van der Waals surface area contributed by atoms with Crippen molar-refractivity contribution in [2.75, 3.05) is 12.8 Å². The highest BCUT2D eigenvalue weighted by Gasteiger charge is 2.39. The summed E-state index contributed by atoms with van der Waals surface area (Å²) in [7, 11) is 1.91. The molecule has 0 aliphatic carbocycles. The Balaban J connectivity index is 1.70. The number of phenols is 1. The van der Waals surface area contributed by atoms with Crippen molar-refractivity contribution in [3.05, 3.63) is 36.0 Å². The molecule has 0 unspecified atom stereocenters. The molecule has 1 aromatic heterocycles. The van der Waals surface area contributed by atoms with E-state index in [0.29, 0.717) is 22.2 Å². The van der Waals surface area contributed by atoms with Gasteiger partial charge in [0.05, 0.1) is 5.69 Å². The second-order valence-corrected chi connectivity index (χ2v) is 10.2. The quantitative estimate of drug-likeness (QED) is 0.376. The molecule has 1 aromatic carbocycles. The second kappa shape index (κ2) is 7.96. The number of nitrogens with two attached hydrogens (primary N) is 1. The van der Waals surface area contributed by atoms with Gasteiger partial charge in [-0.2, -0.15) is 5.10 Å². The van der Waals surface area contributed by atoms with E-state index < -0.39 is 0 Å². The lowest BCUT2D eigenvalue weighted by Gasteiger charge is -2.49. The molecule has 9 heteroatoms. The fraction of sp³-hybridized carbons (Fsp3) is 0.476. The standard InChI is InChI=1S/C21H31N7OS/c1-20(2)11-14(12-21(3,4)26-20)27(5)19(24)30-18(23)15-7-6-13(10-16(15)29)28-9-8-17(22)25-28/h6-10,14,23-24,26,29H,11-12H2,1-5H3,(H2,22,25). The van der Waals surface area contributed by atoms with Gasteiger partial charge in [-0.1, -0.05) is 0 Å². The number of amidine groups is 1. The topological polar surface area (TPSA) is 127 Å². The van der Waals surface area contributed by atoms with Gasteiger partial charge in [0, 0.05) is 48.1 Å². The first kappa shape index (κ1) is 22.2. The molecule has 8 nitrogen and oxygen atoms in total. The van der Waals surface area contributed by atoms with Gasteiger partial charge in [0.2, 0.25) is 0 Å². The minimum absolute atomic E-state index is 0.0247. The highest BCUT2D eigenvalue weighted by molar-refractivity contribution is 8.26. The van der Waals surface area contributed by atoms with Crippen molar-refractivity contribution >= 4 is 27.8 Å². The van der Waals surface area contributed by atoms with E-state index in [4.69, 9.17) is 16.6 Å². The second-order valence-electron chi connectivity index (χ2n) is 9.19. The summed E-state index contributed by atoms with van der Waals surface area (Å²) in [6, 6.07) is 6.85. The van der Waals surface area contributed by atoms with Gasteiger partial charge in [-0.15, -0.1) is 0 Å². The summed E-state index contributed by atoms with van der Waals surface area (Å²) in [6.07, 6.45) is 3.53. The van der Waals surface area contributed by atoms with Crippen molar-refractivity contribution < 1.29 is 5.11 Å². The summed E-state index contributed by atoms with van der Waals surface area (Å²) in [6.45, 7) is 8.72. The molecule has 0 amide bonds. The number of aromatic hydroxyl groups is 1. The summed E-state index contributed by atoms with van der Waals surface area (Å²) in [5.41, 5.74) is 6.63. The van der Waals surface area contributed by atoms with Crippen LogP contribution in [0.5, 0.6) is 5.75 Å². The third kappa shape index (κ3) is 4.96. The van der Waals surface area contributed by atoms with Crippen molar-refractivity contribution in [3.63, 3.8) is 0 Å². The predicted octanol–water partition coefficient (Wildman–Crippen LogP) is 3.39. The maximum Gasteiger partial charge on any atom is 0.162 e. The Morgan fingerprint density at radius 1 is 1.23 bits per heavy atom. The number of nitrogens with one attached hydrogen (secondary N) is 3. The number of benzene rings is 1. The summed E-state index contributed by atoms with van der Waals surface area (Å²) < 4.78 is 1.56. The third-order valence-corrected chi connectivity index (χ3v) is 6.24. The Hall–Kier alpha value is -2.52. The predicted molar refractivity (Wildman–Crippen MR) is 124 cm³/mol. The lowest BCUT2D eigenvalue weighted by Crippen LogP contribution is -2.62. The fourth-order valence-electron chi connectivity index (χ4n) is 4.27. The van der Waals surface area contributed by atoms with Crippen LogP contribution in [-0.2, 0) is 0 Å². The molecule has 0 bridgehead atoms. The smallest absolute Gasteiger partial charge is 0.162 e. The van der Waals surface area contributed by atoms with E-state index in [9.17, 15) is 5.11 Å². The maximum absolute atomic E-state index is 10.4. The van der Waals surface area contributed by atoms with Crippen LogP contribution in [0.2, 0.25) is 0 Å². The van der Waals surface area contributed by atoms with Gasteiger partial charge in [0.15, 0.2) is 5.17 Å². The van der Waals surface area contributed by atoms with Crippen molar-refractivity contribution in [1.29, 1.82) is 10.8 Å². The Kier molecular flexibility index (Phi) is 5.88. The van der Waals surface area contributed by atoms with Gasteiger partial charge in [-0.3, -0.25) is 10.8 Å². The Labute approximate surface area is 181 Å². The number of anilines is 1. The summed E-state index contributed by atoms with van der Waals surface area (Å²) in [5.74, 6) is 0.362. The molecule has 6 N–H and O–H groups in total. The maximum atomic E-state index is 10.4. The number of piperidine rings is 1. The molecule has 3 rings (SSSR count). The van der Waals surface area contributed by atoms with Crippen LogP contribution in [0, 0.1) is 10.8 Å². The van der Waals surface area contributed by atoms with Crippen LogP contribution in [0.25, 0.3) is 5.69 Å². The summed E-state index contributed by atoms with van der Waals surface area (Å²) in [4.78, 5) is 1.95. The van der Waals surface area contributed by atoms with Crippen LogP contribution in [0.3, 0.4) is 0 Å². The number of phenolic OH excluding ortho intramolecular Hbond substituents is 1. The van der Waals surface area contributed by atoms with Crippen LogP contribution >= 0.6 is 11.8 Å². The van der Waals surface area contributed by atoms with E-state index in [1.54, 1.807) is 35.1 Å². The zero-order valence-corrected chi connectivity index (χ0v) is 19.0. The minimum atomic E-state index is -0.0290. The van der Waals surface area contributed by atoms with E-state index >= 15 is 0 Å². The Morgan fingerprint density at radius 3 is 2.40 bits per heavy atom. The molecule has 0 atom stereocenters. The summed E-state index contributed by atoms with van der Waals surface area (Å²) in [5, 5.41) is 35.6. The van der Waals surface area contributed by atoms with Crippen molar-refractivity contribution in [3.8, 4) is 11.4 Å². The molecule has 2 aromatic rings. The third-order valence-electron chi connectivity index (χ3n) is 5.34. The average molecular weight is 430 g/mol. The lowest BCUT2D eigenvalue weighted by atomic mass is 9.79. The van der Waals surface area contributed by atoms with Gasteiger partial charge in [0.25, 0.3) is 0 Å². The number of nitrogen functional groups attached to an aromatic ring is 1. The molecular weight excluding hydrogens is 398 g/mol. The van der Waals surface area contributed by atoms with Crippen LogP contribution in [0.1, 0.15) is 46.1 Å². The number of hydrogen-bond donors (Lipinski definition) is 5. The van der Waals surface area contributed by atoms with Gasteiger partial charge >= 0.3 is 0 Å². The number of rotatable bonds is 3. The van der Waals surface area contributed by atoms with E-state index in [1.165, 1.54) is 0 Å². The zero-order valence-electron chi connectivity index (χ0n) is 18.2. The van der Waals surface area contributed by atoms with Crippen molar-refractivity contribution in [2.24, 2.45) is 0 Å². The number of hydrogen-bond acceptors (Lipinski definition) is 7. The average Bonchev–Trinajstić information content (AvgIpc) is 3.04. The zero-order chi connectivity index (χ0) is 22.3. The molecular formula is C21H31N7OS. The van der Waals surface area contributed by atoms with Crippen LogP contribution < -0.4 is 11.1 Å². The first-order valence-electron chi connectivity index (χ1n) is 9.89. The number of aromatic nitrogens is 2. The van der Waals surface area contributed by atoms with Crippen LogP contribution in [-0.4, -0.2) is 54.2 Å². The van der Waals surface area contributed by atoms with Crippen molar-refractivity contribution in [2.45, 2.75) is 57.7 Å². The van der Waals surface area contributed by atoms with Gasteiger partial charge < -0.3 is 21.1 Å². The van der Waals surface area contributed by atoms with Crippen molar-refractivity contribution in [1.82, 2.24) is 20.0 Å². The van der Waals surface area contributed by atoms with E-state index in [0.717, 1.165) is 24.6 Å². The minimum Gasteiger partial charge on any atom is -0.507 e. The van der Waals surface area contributed by atoms with Gasteiger partial charge in [-0.05, 0) is 64.4 Å². The highest BCUT2D eigenvalue weighted by Crippen LogP contribution is 2.33. The molecule has 1 aliphatic heterocycles. The molecule has 0 spiro atoms. The molecule has 1 saturated heterocycles. The van der Waals surface area contributed by atoms with E-state index in [1.807, 2.05) is 11.9 Å². The number of thioether (sulfide) groups is 1. The van der Waals surface area contributed by atoms with Gasteiger partial charge in [-0.25, -0.2) is 4.68 Å². The van der Waals surface area contributed by atoms with E-state index in [2.05, 4.69) is 38.1 Å². The monoisotopic (exact) mass is 429 g/mol. The van der Waals surface area contributed by atoms with Crippen LogP contribution in [0.4, 0.5) is 5.82 Å². The Morgan fingerprint density at radius 2 is 1.87 bits per heavy atom. The first-order chi connectivity index (χ1) is 13.9. The normalized spacial score (nSPS) is 18.2. The largest absolute Gasteiger partial charge is 0.507 e. The lowest BCUT2D eigenvalue weighted by molar-refractivity contribution is 0.114.